The zero-order valence-corrected chi connectivity index (χ0v) is 17.3. The third kappa shape index (κ3) is 4.99. The molecule has 0 spiro atoms. The molecule has 27 heavy (non-hydrogen) atoms. The molecule has 0 unspecified atom stereocenters. The molecule has 0 aromatic heterocycles. The lowest BCUT2D eigenvalue weighted by atomic mass is 9.99. The minimum atomic E-state index is 0.434. The number of aryl methyl sites for hydroxylation is 1. The van der Waals surface area contributed by atoms with Crippen LogP contribution in [-0.4, -0.2) is 24.4 Å². The molecule has 0 saturated carbocycles. The minimum absolute atomic E-state index is 0.434. The van der Waals surface area contributed by atoms with Gasteiger partial charge in [0.1, 0.15) is 0 Å². The zero-order valence-electron chi connectivity index (χ0n) is 15.8. The van der Waals surface area contributed by atoms with Gasteiger partial charge < -0.3 is 10.2 Å². The second-order valence-corrected chi connectivity index (χ2v) is 7.53. The third-order valence-corrected chi connectivity index (χ3v) is 5.31. The van der Waals surface area contributed by atoms with Gasteiger partial charge in [-0.2, -0.15) is 5.10 Å². The predicted octanol–water partition coefficient (Wildman–Crippen LogP) is 5.13. The molecule has 0 bridgehead atoms. The van der Waals surface area contributed by atoms with Crippen molar-refractivity contribution >= 4 is 46.5 Å². The Morgan fingerprint density at radius 1 is 1.33 bits per heavy atom. The van der Waals surface area contributed by atoms with Crippen LogP contribution in [0.2, 0.25) is 5.02 Å². The van der Waals surface area contributed by atoms with E-state index in [1.165, 1.54) is 24.1 Å². The fraction of sp³-hybridized carbons (Fsp3) is 0.333. The molecular formula is C21H25ClN4S. The summed E-state index contributed by atoms with van der Waals surface area (Å²) in [5.41, 5.74) is 8.53. The number of halogens is 1. The van der Waals surface area contributed by atoms with E-state index in [0.717, 1.165) is 36.3 Å². The van der Waals surface area contributed by atoms with Gasteiger partial charge in [0.2, 0.25) is 0 Å². The van der Waals surface area contributed by atoms with E-state index in [1.807, 2.05) is 25.1 Å². The molecule has 2 aromatic carbocycles. The second-order valence-electron chi connectivity index (χ2n) is 6.72. The fourth-order valence-electron chi connectivity index (χ4n) is 3.34. The highest BCUT2D eigenvalue weighted by molar-refractivity contribution is 7.80. The quantitative estimate of drug-likeness (QED) is 0.414. The van der Waals surface area contributed by atoms with E-state index in [-0.39, 0.29) is 0 Å². The molecule has 1 aliphatic rings. The lowest BCUT2D eigenvalue weighted by Gasteiger charge is -2.31. The van der Waals surface area contributed by atoms with Crippen molar-refractivity contribution in [2.45, 2.75) is 33.1 Å². The van der Waals surface area contributed by atoms with Crippen LogP contribution in [-0.2, 0) is 6.42 Å². The topological polar surface area (TPSA) is 39.7 Å². The number of fused-ring (bicyclic) bond motifs is 1. The second kappa shape index (κ2) is 9.20. The monoisotopic (exact) mass is 400 g/mol. The van der Waals surface area contributed by atoms with Crippen LogP contribution in [0.25, 0.3) is 0 Å². The molecule has 0 atom stereocenters. The van der Waals surface area contributed by atoms with Gasteiger partial charge in [-0.3, -0.25) is 5.43 Å². The maximum absolute atomic E-state index is 6.13. The van der Waals surface area contributed by atoms with E-state index in [4.69, 9.17) is 23.8 Å². The van der Waals surface area contributed by atoms with Crippen LogP contribution in [0.3, 0.4) is 0 Å². The van der Waals surface area contributed by atoms with Gasteiger partial charge in [0, 0.05) is 29.5 Å². The summed E-state index contributed by atoms with van der Waals surface area (Å²) in [6.45, 7) is 6.44. The van der Waals surface area contributed by atoms with Gasteiger partial charge in [0.15, 0.2) is 5.11 Å². The largest absolute Gasteiger partial charge is 0.371 e. The maximum Gasteiger partial charge on any atom is 0.191 e. The highest BCUT2D eigenvalue weighted by Crippen LogP contribution is 2.27. The van der Waals surface area contributed by atoms with Crippen LogP contribution in [0.4, 0.5) is 11.4 Å². The highest BCUT2D eigenvalue weighted by Gasteiger charge is 2.15. The number of benzene rings is 2. The summed E-state index contributed by atoms with van der Waals surface area (Å²) in [4.78, 5) is 2.48. The molecule has 0 radical (unpaired) electrons. The van der Waals surface area contributed by atoms with Gasteiger partial charge in [-0.15, -0.1) is 0 Å². The number of rotatable bonds is 5. The van der Waals surface area contributed by atoms with Crippen molar-refractivity contribution < 1.29 is 0 Å². The minimum Gasteiger partial charge on any atom is -0.371 e. The summed E-state index contributed by atoms with van der Waals surface area (Å²) >= 11 is 11.4. The van der Waals surface area contributed by atoms with Crippen LogP contribution in [0.5, 0.6) is 0 Å². The zero-order chi connectivity index (χ0) is 19.2. The van der Waals surface area contributed by atoms with Crippen molar-refractivity contribution in [3.05, 3.63) is 58.1 Å². The molecule has 6 heteroatoms. The molecule has 4 nitrogen and oxygen atoms in total. The standard InChI is InChI=1S/C21H25ClN4S/c1-3-11-26-12-5-6-17-13-16(9-10-20(17)26)14-23-25-21(27)24-19-8-4-7-18(22)15(19)2/h4,7-10,13-14H,3,5-6,11-12H2,1-2H3,(H2,24,25,27)/b23-14+. The molecule has 2 N–H and O–H groups in total. The van der Waals surface area contributed by atoms with E-state index in [2.05, 4.69) is 45.9 Å². The van der Waals surface area contributed by atoms with Crippen molar-refractivity contribution in [2.24, 2.45) is 5.10 Å². The Balaban J connectivity index is 1.61. The Morgan fingerprint density at radius 2 is 2.19 bits per heavy atom. The normalized spacial score (nSPS) is 13.5. The number of thiocarbonyl (C=S) groups is 1. The van der Waals surface area contributed by atoms with Crippen LogP contribution in [0, 0.1) is 6.92 Å². The Bertz CT molecular complexity index is 850. The molecule has 0 aliphatic carbocycles. The van der Waals surface area contributed by atoms with Crippen molar-refractivity contribution in [3.63, 3.8) is 0 Å². The van der Waals surface area contributed by atoms with Crippen LogP contribution in [0.1, 0.15) is 36.5 Å². The molecule has 0 fully saturated rings. The number of hydrogen-bond acceptors (Lipinski definition) is 3. The van der Waals surface area contributed by atoms with Crippen LogP contribution < -0.4 is 15.6 Å². The first-order valence-corrected chi connectivity index (χ1v) is 10.1. The maximum atomic E-state index is 6.13. The molecule has 0 amide bonds. The van der Waals surface area contributed by atoms with Gasteiger partial charge in [-0.25, -0.2) is 0 Å². The van der Waals surface area contributed by atoms with Gasteiger partial charge >= 0.3 is 0 Å². The molecular weight excluding hydrogens is 376 g/mol. The lowest BCUT2D eigenvalue weighted by Crippen LogP contribution is -2.30. The Morgan fingerprint density at radius 3 is 3.00 bits per heavy atom. The van der Waals surface area contributed by atoms with Gasteiger partial charge in [0.25, 0.3) is 0 Å². The van der Waals surface area contributed by atoms with Crippen molar-refractivity contribution in [1.82, 2.24) is 5.43 Å². The first-order valence-electron chi connectivity index (χ1n) is 9.31. The number of nitrogens with zero attached hydrogens (tertiary/aromatic N) is 2. The molecule has 0 saturated heterocycles. The number of hydrogen-bond donors (Lipinski definition) is 2. The Kier molecular flexibility index (Phi) is 6.69. The summed E-state index contributed by atoms with van der Waals surface area (Å²) in [5.74, 6) is 0. The van der Waals surface area contributed by atoms with Crippen LogP contribution in [0.15, 0.2) is 41.5 Å². The first-order chi connectivity index (χ1) is 13.1. The summed E-state index contributed by atoms with van der Waals surface area (Å²) in [5, 5.41) is 8.53. The van der Waals surface area contributed by atoms with E-state index >= 15 is 0 Å². The average molecular weight is 401 g/mol. The summed E-state index contributed by atoms with van der Waals surface area (Å²) in [7, 11) is 0. The first kappa shape index (κ1) is 19.6. The Labute approximate surface area is 171 Å². The molecule has 1 heterocycles. The van der Waals surface area contributed by atoms with E-state index in [9.17, 15) is 0 Å². The molecule has 2 aromatic rings. The van der Waals surface area contributed by atoms with E-state index < -0.39 is 0 Å². The van der Waals surface area contributed by atoms with Gasteiger partial charge in [-0.05, 0) is 79.4 Å². The smallest absolute Gasteiger partial charge is 0.191 e. The third-order valence-electron chi connectivity index (χ3n) is 4.71. The van der Waals surface area contributed by atoms with E-state index in [0.29, 0.717) is 10.1 Å². The average Bonchev–Trinajstić information content (AvgIpc) is 2.66. The van der Waals surface area contributed by atoms with Crippen molar-refractivity contribution in [1.29, 1.82) is 0 Å². The van der Waals surface area contributed by atoms with Crippen molar-refractivity contribution in [2.75, 3.05) is 23.3 Å². The summed E-state index contributed by atoms with van der Waals surface area (Å²) < 4.78 is 0. The Hall–Kier alpha value is -2.11. The lowest BCUT2D eigenvalue weighted by molar-refractivity contribution is 0.681. The number of nitrogens with one attached hydrogen (secondary N) is 2. The highest BCUT2D eigenvalue weighted by atomic mass is 35.5. The van der Waals surface area contributed by atoms with Crippen molar-refractivity contribution in [3.8, 4) is 0 Å². The van der Waals surface area contributed by atoms with E-state index in [1.54, 1.807) is 6.21 Å². The summed E-state index contributed by atoms with van der Waals surface area (Å²) in [6.07, 6.45) is 5.30. The molecule has 1 aliphatic heterocycles. The molecule has 3 rings (SSSR count). The number of anilines is 2. The SMILES string of the molecule is CCCN1CCCc2cc(/C=N/NC(=S)Nc3cccc(Cl)c3C)ccc21. The van der Waals surface area contributed by atoms with Gasteiger partial charge in [0.05, 0.1) is 6.21 Å². The number of hydrazone groups is 1. The molecule has 142 valence electrons. The predicted molar refractivity (Wildman–Crippen MR) is 120 cm³/mol. The van der Waals surface area contributed by atoms with Gasteiger partial charge in [-0.1, -0.05) is 30.7 Å². The summed E-state index contributed by atoms with van der Waals surface area (Å²) in [6, 6.07) is 12.2. The van der Waals surface area contributed by atoms with Crippen LogP contribution >= 0.6 is 23.8 Å². The fourth-order valence-corrected chi connectivity index (χ4v) is 3.67.